The van der Waals surface area contributed by atoms with Crippen LogP contribution >= 0.6 is 11.6 Å². The Hall–Kier alpha value is -4.36. The minimum atomic E-state index is -0.908. The predicted octanol–water partition coefficient (Wildman–Crippen LogP) is 6.05. The van der Waals surface area contributed by atoms with Crippen molar-refractivity contribution in [1.29, 1.82) is 0 Å². The summed E-state index contributed by atoms with van der Waals surface area (Å²) in [5, 5.41) is 12.1. The largest absolute Gasteiger partial charge is 0.503 e. The number of carbonyl (C=O) groups is 2. The van der Waals surface area contributed by atoms with Crippen molar-refractivity contribution in [2.75, 3.05) is 4.90 Å². The summed E-state index contributed by atoms with van der Waals surface area (Å²) in [6, 6.07) is 20.4. The second-order valence-electron chi connectivity index (χ2n) is 8.45. The normalized spacial score (nSPS) is 16.1. The van der Waals surface area contributed by atoms with Gasteiger partial charge in [0.1, 0.15) is 5.58 Å². The lowest BCUT2D eigenvalue weighted by Crippen LogP contribution is -2.31. The van der Waals surface area contributed by atoms with Crippen LogP contribution in [0.3, 0.4) is 0 Å². The number of carbonyl (C=O) groups excluding carboxylic acids is 2. The van der Waals surface area contributed by atoms with Crippen molar-refractivity contribution < 1.29 is 19.1 Å². The maximum atomic E-state index is 13.7. The standard InChI is InChI=1S/C27H18ClN3O4/c1-14-7-9-18-19(11-14)30-27(29-18)31-23(15-5-3-2-4-6-15)22(25(33)26(31)34)24(32)21-13-16-12-17(28)8-10-20(16)35-21/h2-13,23,33H,1H3,(H,29,30). The van der Waals surface area contributed by atoms with Crippen molar-refractivity contribution in [2.45, 2.75) is 13.0 Å². The lowest BCUT2D eigenvalue weighted by molar-refractivity contribution is -0.117. The molecule has 8 heteroatoms. The topological polar surface area (TPSA) is 99.4 Å². The molecule has 2 N–H and O–H groups in total. The number of aliphatic hydroxyl groups is 1. The Morgan fingerprint density at radius 1 is 1.09 bits per heavy atom. The van der Waals surface area contributed by atoms with Crippen LogP contribution in [0, 0.1) is 6.92 Å². The third-order valence-electron chi connectivity index (χ3n) is 6.12. The number of amides is 1. The van der Waals surface area contributed by atoms with Gasteiger partial charge in [0, 0.05) is 10.4 Å². The summed E-state index contributed by atoms with van der Waals surface area (Å²) in [4.78, 5) is 36.1. The van der Waals surface area contributed by atoms with Crippen molar-refractivity contribution >= 4 is 51.2 Å². The highest BCUT2D eigenvalue weighted by molar-refractivity contribution is 6.31. The summed E-state index contributed by atoms with van der Waals surface area (Å²) in [7, 11) is 0. The van der Waals surface area contributed by atoms with Gasteiger partial charge in [0.2, 0.25) is 11.7 Å². The highest BCUT2D eigenvalue weighted by atomic mass is 35.5. The molecule has 0 fully saturated rings. The lowest BCUT2D eigenvalue weighted by Gasteiger charge is -2.24. The molecule has 3 aromatic carbocycles. The van der Waals surface area contributed by atoms with Gasteiger partial charge in [0.25, 0.3) is 5.91 Å². The fourth-order valence-corrected chi connectivity index (χ4v) is 4.67. The number of nitrogens with one attached hydrogen (secondary N) is 1. The number of imidazole rings is 1. The molecule has 35 heavy (non-hydrogen) atoms. The summed E-state index contributed by atoms with van der Waals surface area (Å²) in [6.07, 6.45) is 0. The monoisotopic (exact) mass is 483 g/mol. The number of furan rings is 1. The molecule has 7 nitrogen and oxygen atoms in total. The number of hydrogen-bond donors (Lipinski definition) is 2. The number of rotatable bonds is 4. The van der Waals surface area contributed by atoms with Crippen LogP contribution in [0.4, 0.5) is 5.95 Å². The van der Waals surface area contributed by atoms with Crippen LogP contribution in [-0.4, -0.2) is 26.8 Å². The van der Waals surface area contributed by atoms with E-state index in [9.17, 15) is 14.7 Å². The molecule has 1 atom stereocenters. The summed E-state index contributed by atoms with van der Waals surface area (Å²) in [5.74, 6) is -1.72. The van der Waals surface area contributed by atoms with E-state index in [1.54, 1.807) is 48.5 Å². The molecule has 1 unspecified atom stereocenters. The number of nitrogens with zero attached hydrogens (tertiary/aromatic N) is 2. The zero-order chi connectivity index (χ0) is 24.3. The van der Waals surface area contributed by atoms with Crippen LogP contribution in [0.15, 0.2) is 88.5 Å². The Morgan fingerprint density at radius 2 is 1.89 bits per heavy atom. The minimum Gasteiger partial charge on any atom is -0.503 e. The molecular weight excluding hydrogens is 466 g/mol. The molecule has 3 heterocycles. The summed E-state index contributed by atoms with van der Waals surface area (Å²) in [6.45, 7) is 1.96. The van der Waals surface area contributed by atoms with Gasteiger partial charge in [-0.25, -0.2) is 4.98 Å². The number of halogens is 1. The number of ketones is 1. The number of aromatic amines is 1. The average molecular weight is 484 g/mol. The van der Waals surface area contributed by atoms with E-state index in [1.807, 2.05) is 31.2 Å². The quantitative estimate of drug-likeness (QED) is 0.303. The molecule has 0 radical (unpaired) electrons. The molecule has 0 spiro atoms. The van der Waals surface area contributed by atoms with Crippen LogP contribution in [0.5, 0.6) is 0 Å². The van der Waals surface area contributed by atoms with Crippen LogP contribution < -0.4 is 4.90 Å². The predicted molar refractivity (Wildman–Crippen MR) is 133 cm³/mol. The second-order valence-corrected chi connectivity index (χ2v) is 8.89. The Balaban J connectivity index is 1.50. The molecule has 5 aromatic rings. The van der Waals surface area contributed by atoms with Crippen LogP contribution in [0.2, 0.25) is 5.02 Å². The third kappa shape index (κ3) is 3.40. The van der Waals surface area contributed by atoms with Crippen LogP contribution in [0.25, 0.3) is 22.0 Å². The second kappa shape index (κ2) is 7.85. The van der Waals surface area contributed by atoms with E-state index < -0.39 is 23.5 Å². The Kier molecular flexibility index (Phi) is 4.76. The molecule has 172 valence electrons. The molecule has 1 amide bonds. The average Bonchev–Trinajstić information content (AvgIpc) is 3.53. The van der Waals surface area contributed by atoms with Gasteiger partial charge in [-0.15, -0.1) is 0 Å². The number of aliphatic hydroxyl groups excluding tert-OH is 1. The van der Waals surface area contributed by atoms with Gasteiger partial charge in [0.05, 0.1) is 22.6 Å². The molecule has 0 aliphatic carbocycles. The lowest BCUT2D eigenvalue weighted by atomic mass is 9.95. The van der Waals surface area contributed by atoms with Crippen molar-refractivity contribution in [2.24, 2.45) is 0 Å². The van der Waals surface area contributed by atoms with Gasteiger partial charge in [-0.2, -0.15) is 0 Å². The maximum Gasteiger partial charge on any atom is 0.296 e. The van der Waals surface area contributed by atoms with E-state index in [1.165, 1.54) is 4.90 Å². The van der Waals surface area contributed by atoms with Crippen molar-refractivity contribution in [3.05, 3.63) is 106 Å². The first-order valence-electron chi connectivity index (χ1n) is 10.9. The Labute approximate surface area is 204 Å². The van der Waals surface area contributed by atoms with Crippen molar-refractivity contribution in [1.82, 2.24) is 9.97 Å². The van der Waals surface area contributed by atoms with Crippen LogP contribution in [0.1, 0.15) is 27.7 Å². The highest BCUT2D eigenvalue weighted by Gasteiger charge is 2.46. The molecule has 2 aromatic heterocycles. The van der Waals surface area contributed by atoms with E-state index in [2.05, 4.69) is 9.97 Å². The fourth-order valence-electron chi connectivity index (χ4n) is 4.49. The number of Topliss-reactive ketones (excluding diaryl/α,β-unsaturated/α-hetero) is 1. The summed E-state index contributed by atoms with van der Waals surface area (Å²) in [5.41, 5.74) is 3.48. The number of fused-ring (bicyclic) bond motifs is 2. The maximum absolute atomic E-state index is 13.7. The van der Waals surface area contributed by atoms with E-state index in [4.69, 9.17) is 16.0 Å². The summed E-state index contributed by atoms with van der Waals surface area (Å²) < 4.78 is 5.76. The first-order chi connectivity index (χ1) is 16.9. The molecule has 1 aliphatic heterocycles. The van der Waals surface area contributed by atoms with E-state index >= 15 is 0 Å². The van der Waals surface area contributed by atoms with E-state index in [0.717, 1.165) is 11.1 Å². The van der Waals surface area contributed by atoms with Gasteiger partial charge in [-0.1, -0.05) is 48.0 Å². The summed E-state index contributed by atoms with van der Waals surface area (Å²) >= 11 is 6.07. The zero-order valence-corrected chi connectivity index (χ0v) is 19.2. The Bertz CT molecular complexity index is 1680. The fraction of sp³-hybridized carbons (Fsp3) is 0.0741. The smallest absolute Gasteiger partial charge is 0.296 e. The molecule has 1 aliphatic rings. The Morgan fingerprint density at radius 3 is 2.69 bits per heavy atom. The van der Waals surface area contributed by atoms with Crippen molar-refractivity contribution in [3.8, 4) is 0 Å². The van der Waals surface area contributed by atoms with Gasteiger partial charge in [0.15, 0.2) is 11.5 Å². The number of aromatic nitrogens is 2. The first kappa shape index (κ1) is 21.2. The third-order valence-corrected chi connectivity index (χ3v) is 6.36. The molecule has 6 rings (SSSR count). The van der Waals surface area contributed by atoms with Crippen molar-refractivity contribution in [3.63, 3.8) is 0 Å². The number of aryl methyl sites for hydroxylation is 1. The number of anilines is 1. The SMILES string of the molecule is Cc1ccc2nc(N3C(=O)C(O)=C(C(=O)c4cc5cc(Cl)ccc5o4)C3c3ccccc3)[nH]c2c1. The van der Waals surface area contributed by atoms with Crippen LogP contribution in [-0.2, 0) is 4.79 Å². The van der Waals surface area contributed by atoms with Gasteiger partial charge in [-0.05, 0) is 54.4 Å². The molecule has 0 saturated heterocycles. The molecule has 0 saturated carbocycles. The van der Waals surface area contributed by atoms with E-state index in [-0.39, 0.29) is 17.3 Å². The molecule has 0 bridgehead atoms. The first-order valence-corrected chi connectivity index (χ1v) is 11.3. The minimum absolute atomic E-state index is 0.000344. The molecular formula is C27H18ClN3O4. The van der Waals surface area contributed by atoms with E-state index in [0.29, 0.717) is 27.1 Å². The van der Waals surface area contributed by atoms with Gasteiger partial charge < -0.3 is 14.5 Å². The number of hydrogen-bond acceptors (Lipinski definition) is 5. The number of benzene rings is 3. The number of H-pyrrole nitrogens is 1. The zero-order valence-electron chi connectivity index (χ0n) is 18.4. The van der Waals surface area contributed by atoms with Gasteiger partial charge in [-0.3, -0.25) is 14.5 Å². The van der Waals surface area contributed by atoms with Gasteiger partial charge >= 0.3 is 0 Å². The highest BCUT2D eigenvalue weighted by Crippen LogP contribution is 2.42.